The number of carbonyl (C=O) groups is 1. The van der Waals surface area contributed by atoms with Crippen LogP contribution in [0.1, 0.15) is 35.6 Å². The Bertz CT molecular complexity index is 959. The van der Waals surface area contributed by atoms with Crippen molar-refractivity contribution in [3.05, 3.63) is 59.2 Å². The standard InChI is InChI=1S/C25H32N2O4S/c1-30-18-9-8-17(21(28)14-18)15-27-12-10-25(11-13-27)20-7-5-4-6-19(20)23(24(25)31-2)26-22(29)16-32-3/h4-9,14,23-24,28H,10-13,15-16H2,1-3H3,(H,26,29)/t23-,24+/m1/s1. The van der Waals surface area contributed by atoms with Crippen molar-refractivity contribution in [2.24, 2.45) is 0 Å². The molecule has 0 radical (unpaired) electrons. The number of hydrogen-bond donors (Lipinski definition) is 2. The third-order valence-electron chi connectivity index (χ3n) is 6.96. The van der Waals surface area contributed by atoms with Crippen molar-refractivity contribution in [2.75, 3.05) is 39.3 Å². The minimum absolute atomic E-state index is 0.0452. The van der Waals surface area contributed by atoms with Crippen LogP contribution in [0, 0.1) is 0 Å². The summed E-state index contributed by atoms with van der Waals surface area (Å²) in [7, 11) is 3.36. The molecule has 0 aromatic heterocycles. The Kier molecular flexibility index (Phi) is 6.98. The summed E-state index contributed by atoms with van der Waals surface area (Å²) < 4.78 is 11.3. The Balaban J connectivity index is 1.53. The Labute approximate surface area is 194 Å². The highest BCUT2D eigenvalue weighted by Crippen LogP contribution is 2.52. The van der Waals surface area contributed by atoms with Gasteiger partial charge < -0.3 is 19.9 Å². The van der Waals surface area contributed by atoms with Crippen LogP contribution in [-0.4, -0.2) is 61.3 Å². The molecule has 0 saturated carbocycles. The van der Waals surface area contributed by atoms with Gasteiger partial charge in [-0.1, -0.05) is 30.3 Å². The monoisotopic (exact) mass is 456 g/mol. The molecule has 32 heavy (non-hydrogen) atoms. The van der Waals surface area contributed by atoms with Gasteiger partial charge >= 0.3 is 0 Å². The zero-order chi connectivity index (χ0) is 22.7. The predicted molar refractivity (Wildman–Crippen MR) is 127 cm³/mol. The number of carbonyl (C=O) groups excluding carboxylic acids is 1. The highest BCUT2D eigenvalue weighted by Gasteiger charge is 2.53. The van der Waals surface area contributed by atoms with E-state index in [4.69, 9.17) is 9.47 Å². The molecule has 1 amide bonds. The van der Waals surface area contributed by atoms with E-state index in [1.807, 2.05) is 24.5 Å². The SMILES string of the molecule is COc1ccc(CN2CCC3(CC2)c2ccccc2[C@@H](NC(=O)CSC)[C@@H]3OC)c(O)c1. The Morgan fingerprint density at radius 1 is 1.22 bits per heavy atom. The topological polar surface area (TPSA) is 71.0 Å². The fraction of sp³-hybridized carbons (Fsp3) is 0.480. The molecule has 4 rings (SSSR count). The van der Waals surface area contributed by atoms with Gasteiger partial charge in [-0.25, -0.2) is 0 Å². The molecule has 1 fully saturated rings. The molecule has 2 aromatic rings. The first-order chi connectivity index (χ1) is 15.5. The maximum absolute atomic E-state index is 12.4. The molecule has 1 aliphatic carbocycles. The summed E-state index contributed by atoms with van der Waals surface area (Å²) in [6.07, 6.45) is 3.72. The summed E-state index contributed by atoms with van der Waals surface area (Å²) >= 11 is 1.53. The van der Waals surface area contributed by atoms with Crippen molar-refractivity contribution in [3.63, 3.8) is 0 Å². The largest absolute Gasteiger partial charge is 0.507 e. The fourth-order valence-corrected chi connectivity index (χ4v) is 5.77. The van der Waals surface area contributed by atoms with Gasteiger partial charge in [0, 0.05) is 30.7 Å². The van der Waals surface area contributed by atoms with Crippen molar-refractivity contribution in [1.82, 2.24) is 10.2 Å². The molecule has 1 saturated heterocycles. The second-order valence-corrected chi connectivity index (χ2v) is 9.51. The molecule has 0 unspecified atom stereocenters. The number of piperidine rings is 1. The number of benzene rings is 2. The first-order valence-corrected chi connectivity index (χ1v) is 12.4. The average molecular weight is 457 g/mol. The zero-order valence-electron chi connectivity index (χ0n) is 19.0. The summed E-state index contributed by atoms with van der Waals surface area (Å²) in [5.74, 6) is 1.41. The highest BCUT2D eigenvalue weighted by molar-refractivity contribution is 7.99. The van der Waals surface area contributed by atoms with Crippen LogP contribution in [0.4, 0.5) is 0 Å². The third-order valence-corrected chi connectivity index (χ3v) is 7.51. The summed E-state index contributed by atoms with van der Waals surface area (Å²) in [5.41, 5.74) is 3.25. The van der Waals surface area contributed by atoms with Crippen LogP contribution in [0.5, 0.6) is 11.5 Å². The molecule has 172 valence electrons. The second-order valence-electron chi connectivity index (χ2n) is 8.65. The van der Waals surface area contributed by atoms with Gasteiger partial charge in [0.2, 0.25) is 5.91 Å². The maximum atomic E-state index is 12.4. The van der Waals surface area contributed by atoms with E-state index in [2.05, 4.69) is 28.4 Å². The third kappa shape index (κ3) is 4.21. The summed E-state index contributed by atoms with van der Waals surface area (Å²) in [6.45, 7) is 2.48. The first kappa shape index (κ1) is 23.0. The van der Waals surface area contributed by atoms with Gasteiger partial charge in [0.05, 0.1) is 25.0 Å². The molecular formula is C25H32N2O4S. The lowest BCUT2D eigenvalue weighted by Gasteiger charge is -2.44. The number of nitrogens with one attached hydrogen (secondary N) is 1. The van der Waals surface area contributed by atoms with Gasteiger partial charge in [-0.15, -0.1) is 0 Å². The smallest absolute Gasteiger partial charge is 0.230 e. The van der Waals surface area contributed by atoms with E-state index in [0.29, 0.717) is 18.0 Å². The minimum Gasteiger partial charge on any atom is -0.507 e. The minimum atomic E-state index is -0.131. The van der Waals surface area contributed by atoms with Gasteiger partial charge in [-0.2, -0.15) is 11.8 Å². The van der Waals surface area contributed by atoms with E-state index >= 15 is 0 Å². The molecule has 2 aromatic carbocycles. The summed E-state index contributed by atoms with van der Waals surface area (Å²) in [5, 5.41) is 13.6. The fourth-order valence-electron chi connectivity index (χ4n) is 5.43. The molecule has 6 nitrogen and oxygen atoms in total. The highest BCUT2D eigenvalue weighted by atomic mass is 32.2. The van der Waals surface area contributed by atoms with Crippen molar-refractivity contribution < 1.29 is 19.4 Å². The van der Waals surface area contributed by atoms with Gasteiger partial charge in [-0.3, -0.25) is 9.69 Å². The number of methoxy groups -OCH3 is 2. The van der Waals surface area contributed by atoms with E-state index in [9.17, 15) is 9.90 Å². The van der Waals surface area contributed by atoms with Crippen LogP contribution in [0.15, 0.2) is 42.5 Å². The Hall–Kier alpha value is -2.22. The molecule has 0 bridgehead atoms. The lowest BCUT2D eigenvalue weighted by atomic mass is 9.72. The zero-order valence-corrected chi connectivity index (χ0v) is 19.8. The molecule has 1 spiro atoms. The van der Waals surface area contributed by atoms with Crippen molar-refractivity contribution in [1.29, 1.82) is 0 Å². The van der Waals surface area contributed by atoms with Gasteiger partial charge in [-0.05, 0) is 49.4 Å². The number of amides is 1. The number of likely N-dealkylation sites (tertiary alicyclic amines) is 1. The molecule has 2 atom stereocenters. The number of nitrogens with zero attached hydrogens (tertiary/aromatic N) is 1. The van der Waals surface area contributed by atoms with E-state index in [-0.39, 0.29) is 29.2 Å². The van der Waals surface area contributed by atoms with Gasteiger partial charge in [0.15, 0.2) is 0 Å². The average Bonchev–Trinajstić information content (AvgIpc) is 3.05. The number of aromatic hydroxyl groups is 1. The number of phenolic OH excluding ortho intramolecular Hbond substituents is 1. The van der Waals surface area contributed by atoms with Crippen LogP contribution < -0.4 is 10.1 Å². The molecule has 2 aliphatic rings. The van der Waals surface area contributed by atoms with Crippen LogP contribution >= 0.6 is 11.8 Å². The van der Waals surface area contributed by atoms with E-state index in [1.54, 1.807) is 20.3 Å². The van der Waals surface area contributed by atoms with Gasteiger partial charge in [0.1, 0.15) is 11.5 Å². The van der Waals surface area contributed by atoms with Crippen LogP contribution in [0.3, 0.4) is 0 Å². The summed E-state index contributed by atoms with van der Waals surface area (Å²) in [4.78, 5) is 14.8. The number of hydrogen-bond acceptors (Lipinski definition) is 6. The number of ether oxygens (including phenoxy) is 2. The van der Waals surface area contributed by atoms with Crippen LogP contribution in [0.25, 0.3) is 0 Å². The van der Waals surface area contributed by atoms with Crippen molar-refractivity contribution >= 4 is 17.7 Å². The number of thioether (sulfide) groups is 1. The number of rotatable bonds is 7. The Morgan fingerprint density at radius 3 is 2.62 bits per heavy atom. The van der Waals surface area contributed by atoms with E-state index < -0.39 is 0 Å². The molecular weight excluding hydrogens is 424 g/mol. The first-order valence-electron chi connectivity index (χ1n) is 11.0. The van der Waals surface area contributed by atoms with E-state index in [0.717, 1.165) is 31.5 Å². The molecule has 1 heterocycles. The molecule has 1 aliphatic heterocycles. The summed E-state index contributed by atoms with van der Waals surface area (Å²) in [6, 6.07) is 13.8. The number of fused-ring (bicyclic) bond motifs is 2. The maximum Gasteiger partial charge on any atom is 0.230 e. The van der Waals surface area contributed by atoms with E-state index in [1.165, 1.54) is 22.9 Å². The predicted octanol–water partition coefficient (Wildman–Crippen LogP) is 3.48. The molecule has 7 heteroatoms. The van der Waals surface area contributed by atoms with Crippen LogP contribution in [0.2, 0.25) is 0 Å². The van der Waals surface area contributed by atoms with Gasteiger partial charge in [0.25, 0.3) is 0 Å². The lowest BCUT2D eigenvalue weighted by molar-refractivity contribution is -0.121. The normalized spacial score (nSPS) is 22.0. The quantitative estimate of drug-likeness (QED) is 0.665. The number of phenols is 1. The molecule has 2 N–H and O–H groups in total. The Morgan fingerprint density at radius 2 is 1.97 bits per heavy atom. The lowest BCUT2D eigenvalue weighted by Crippen LogP contribution is -2.50. The van der Waals surface area contributed by atoms with Crippen molar-refractivity contribution in [3.8, 4) is 11.5 Å². The second kappa shape index (κ2) is 9.73. The van der Waals surface area contributed by atoms with Crippen molar-refractivity contribution in [2.45, 2.75) is 36.9 Å². The van der Waals surface area contributed by atoms with Crippen LogP contribution in [-0.2, 0) is 21.5 Å².